The van der Waals surface area contributed by atoms with Crippen molar-refractivity contribution in [1.29, 1.82) is 0 Å². The highest BCUT2D eigenvalue weighted by Crippen LogP contribution is 2.19. The van der Waals surface area contributed by atoms with Gasteiger partial charge in [0, 0.05) is 12.8 Å². The van der Waals surface area contributed by atoms with Gasteiger partial charge in [-0.15, -0.1) is 0 Å². The predicted molar refractivity (Wildman–Crippen MR) is 367 cm³/mol. The van der Waals surface area contributed by atoms with Crippen molar-refractivity contribution in [3.63, 3.8) is 0 Å². The second-order valence-electron chi connectivity index (χ2n) is 25.0. The van der Waals surface area contributed by atoms with Crippen molar-refractivity contribution in [2.45, 2.75) is 399 Å². The number of ether oxygens (including phenoxy) is 2. The van der Waals surface area contributed by atoms with Gasteiger partial charge in [-0.2, -0.15) is 0 Å². The summed E-state index contributed by atoms with van der Waals surface area (Å²) in [6.45, 7) is 4.09. The number of carbonyl (C=O) groups excluding carboxylic acids is 2. The van der Waals surface area contributed by atoms with Gasteiger partial charge in [-0.1, -0.05) is 389 Å². The zero-order valence-corrected chi connectivity index (χ0v) is 55.7. The minimum atomic E-state index is -0.773. The van der Waals surface area contributed by atoms with Crippen LogP contribution in [0.15, 0.2) is 72.9 Å². The lowest BCUT2D eigenvalue weighted by molar-refractivity contribution is -0.161. The monoisotopic (exact) mass is 1160 g/mol. The van der Waals surface area contributed by atoms with E-state index in [2.05, 4.69) is 86.8 Å². The van der Waals surface area contributed by atoms with Gasteiger partial charge in [0.15, 0.2) is 6.10 Å². The fraction of sp³-hybridized carbons (Fsp3) is 0.821. The average molecular weight is 1160 g/mol. The molecule has 5 nitrogen and oxygen atoms in total. The molecule has 0 radical (unpaired) electrons. The first-order valence-corrected chi connectivity index (χ1v) is 37.0. The highest BCUT2D eigenvalue weighted by Gasteiger charge is 2.16. The molecule has 0 spiro atoms. The van der Waals surface area contributed by atoms with Crippen molar-refractivity contribution in [1.82, 2.24) is 0 Å². The third kappa shape index (κ3) is 71.7. The largest absolute Gasteiger partial charge is 0.462 e. The second-order valence-corrected chi connectivity index (χ2v) is 25.0. The topological polar surface area (TPSA) is 72.8 Å². The Morgan fingerprint density at radius 3 is 0.783 bits per heavy atom. The molecule has 0 aliphatic carbocycles. The van der Waals surface area contributed by atoms with Crippen LogP contribution in [0, 0.1) is 0 Å². The summed E-state index contributed by atoms with van der Waals surface area (Å²) >= 11 is 0. The first kappa shape index (κ1) is 80.3. The van der Waals surface area contributed by atoms with Crippen LogP contribution in [0.5, 0.6) is 0 Å². The Balaban J connectivity index is 3.40. The highest BCUT2D eigenvalue weighted by molar-refractivity contribution is 5.70. The van der Waals surface area contributed by atoms with Crippen LogP contribution >= 0.6 is 0 Å². The van der Waals surface area contributed by atoms with Gasteiger partial charge in [-0.3, -0.25) is 9.59 Å². The molecule has 484 valence electrons. The molecule has 5 heteroatoms. The van der Waals surface area contributed by atoms with Crippen molar-refractivity contribution in [3.8, 4) is 0 Å². The SMILES string of the molecule is CC/C=C\C/C=C\C/C=C\C/C=C\C/C=C\C/C=C\CCCCCCCCCCCCCCCCCCCCC(=O)OC(CO)COC(=O)CCCCCCCCCCCCCCCCCCCCCCCCCCCCCCCCCC. The molecule has 0 saturated heterocycles. The number of rotatable bonds is 69. The van der Waals surface area contributed by atoms with Crippen LogP contribution in [0.1, 0.15) is 393 Å². The number of esters is 2. The Bertz CT molecular complexity index is 1450. The standard InChI is InChI=1S/C78H142O5/c1-3-5-7-9-11-13-15-17-19-21-23-25-27-29-31-33-35-37-38-39-40-41-43-45-47-49-51-53-55-57-59-61-63-65-67-69-71-73-78(81)83-76(74-79)75-82-77(80)72-70-68-66-64-62-60-58-56-54-52-50-48-46-44-42-36-34-32-30-28-26-24-22-20-18-16-14-12-10-8-6-4-2/h5,7,11,13,17,19,23,25,29,31,35,37,76,79H,3-4,6,8-10,12,14-16,18,20-22,24,26-28,30,32-34,36,38-75H2,1-2H3/b7-5-,13-11-,19-17-,25-23-,31-29-,37-35-. The van der Waals surface area contributed by atoms with Gasteiger partial charge in [-0.05, 0) is 64.2 Å². The summed E-state index contributed by atoms with van der Waals surface area (Å²) in [5.41, 5.74) is 0. The first-order chi connectivity index (χ1) is 41.1. The van der Waals surface area contributed by atoms with Crippen molar-refractivity contribution in [3.05, 3.63) is 72.9 Å². The van der Waals surface area contributed by atoms with E-state index in [1.807, 2.05) is 0 Å². The smallest absolute Gasteiger partial charge is 0.306 e. The molecular weight excluding hydrogens is 1020 g/mol. The van der Waals surface area contributed by atoms with Crippen molar-refractivity contribution in [2.24, 2.45) is 0 Å². The fourth-order valence-corrected chi connectivity index (χ4v) is 11.3. The molecule has 83 heavy (non-hydrogen) atoms. The molecule has 0 aliphatic rings. The Morgan fingerprint density at radius 2 is 0.518 bits per heavy atom. The number of hydrogen-bond acceptors (Lipinski definition) is 5. The molecule has 0 aromatic heterocycles. The lowest BCUT2D eigenvalue weighted by Crippen LogP contribution is -2.28. The maximum Gasteiger partial charge on any atom is 0.306 e. The Hall–Kier alpha value is -2.66. The van der Waals surface area contributed by atoms with E-state index in [0.29, 0.717) is 12.8 Å². The molecule has 0 saturated carbocycles. The van der Waals surface area contributed by atoms with E-state index in [1.54, 1.807) is 0 Å². The van der Waals surface area contributed by atoms with Crippen LogP contribution < -0.4 is 0 Å². The molecule has 1 atom stereocenters. The van der Waals surface area contributed by atoms with Crippen LogP contribution in [0.4, 0.5) is 0 Å². The van der Waals surface area contributed by atoms with Gasteiger partial charge in [0.25, 0.3) is 0 Å². The van der Waals surface area contributed by atoms with Crippen LogP contribution in [0.25, 0.3) is 0 Å². The first-order valence-electron chi connectivity index (χ1n) is 37.0. The minimum absolute atomic E-state index is 0.0611. The van der Waals surface area contributed by atoms with E-state index in [-0.39, 0.29) is 25.2 Å². The van der Waals surface area contributed by atoms with E-state index in [4.69, 9.17) is 9.47 Å². The Morgan fingerprint density at radius 1 is 0.289 bits per heavy atom. The predicted octanol–water partition coefficient (Wildman–Crippen LogP) is 25.8. The zero-order valence-electron chi connectivity index (χ0n) is 55.7. The highest BCUT2D eigenvalue weighted by atomic mass is 16.6. The summed E-state index contributed by atoms with van der Waals surface area (Å²) in [5.74, 6) is -0.568. The van der Waals surface area contributed by atoms with Gasteiger partial charge in [0.05, 0.1) is 6.61 Å². The third-order valence-corrected chi connectivity index (χ3v) is 16.8. The van der Waals surface area contributed by atoms with Crippen molar-refractivity contribution in [2.75, 3.05) is 13.2 Å². The van der Waals surface area contributed by atoms with Crippen LogP contribution in [0.3, 0.4) is 0 Å². The maximum atomic E-state index is 12.4. The normalized spacial score (nSPS) is 12.6. The summed E-state index contributed by atoms with van der Waals surface area (Å²) < 4.78 is 10.8. The fourth-order valence-electron chi connectivity index (χ4n) is 11.3. The van der Waals surface area contributed by atoms with Gasteiger partial charge < -0.3 is 14.6 Å². The number of allylic oxidation sites excluding steroid dienone is 12. The molecule has 0 fully saturated rings. The second kappa shape index (κ2) is 73.6. The number of aliphatic hydroxyl groups excluding tert-OH is 1. The van der Waals surface area contributed by atoms with Crippen LogP contribution in [-0.2, 0) is 19.1 Å². The molecule has 0 aromatic carbocycles. The summed E-state index contributed by atoms with van der Waals surface area (Å²) in [5, 5.41) is 9.72. The summed E-state index contributed by atoms with van der Waals surface area (Å²) in [7, 11) is 0. The molecule has 0 rings (SSSR count). The summed E-state index contributed by atoms with van der Waals surface area (Å²) in [6.07, 6.45) is 102. The lowest BCUT2D eigenvalue weighted by Gasteiger charge is -2.15. The van der Waals surface area contributed by atoms with E-state index in [1.165, 1.54) is 295 Å². The maximum absolute atomic E-state index is 12.4. The quantitative estimate of drug-likeness (QED) is 0.0373. The summed E-state index contributed by atoms with van der Waals surface area (Å²) in [4.78, 5) is 24.7. The molecule has 0 bridgehead atoms. The van der Waals surface area contributed by atoms with Crippen LogP contribution in [-0.4, -0.2) is 36.4 Å². The van der Waals surface area contributed by atoms with Gasteiger partial charge in [-0.25, -0.2) is 0 Å². The Kier molecular flexibility index (Phi) is 71.2. The molecular formula is C78H142O5. The van der Waals surface area contributed by atoms with Gasteiger partial charge in [0.2, 0.25) is 0 Å². The van der Waals surface area contributed by atoms with Crippen LogP contribution in [0.2, 0.25) is 0 Å². The number of carbonyl (C=O) groups is 2. The lowest BCUT2D eigenvalue weighted by atomic mass is 10.0. The third-order valence-electron chi connectivity index (χ3n) is 16.8. The molecule has 1 N–H and O–H groups in total. The van der Waals surface area contributed by atoms with Gasteiger partial charge in [0.1, 0.15) is 6.61 Å². The van der Waals surface area contributed by atoms with E-state index in [9.17, 15) is 14.7 Å². The number of hydrogen-bond donors (Lipinski definition) is 1. The molecule has 0 aliphatic heterocycles. The molecule has 0 aromatic rings. The molecule has 1 unspecified atom stereocenters. The van der Waals surface area contributed by atoms with Crippen molar-refractivity contribution < 1.29 is 24.2 Å². The zero-order chi connectivity index (χ0) is 59.8. The van der Waals surface area contributed by atoms with Gasteiger partial charge >= 0.3 is 11.9 Å². The molecule has 0 heterocycles. The minimum Gasteiger partial charge on any atom is -0.462 e. The number of aliphatic hydroxyl groups is 1. The van der Waals surface area contributed by atoms with E-state index in [0.717, 1.165) is 70.6 Å². The van der Waals surface area contributed by atoms with Crippen molar-refractivity contribution >= 4 is 11.9 Å². The average Bonchev–Trinajstić information content (AvgIpc) is 3.49. The Labute approximate surface area is 518 Å². The van der Waals surface area contributed by atoms with E-state index >= 15 is 0 Å². The summed E-state index contributed by atoms with van der Waals surface area (Å²) in [6, 6.07) is 0. The molecule has 0 amide bonds. The number of unbranched alkanes of at least 4 members (excludes halogenated alkanes) is 49. The van der Waals surface area contributed by atoms with E-state index < -0.39 is 6.10 Å².